The molecule has 3 rings (SSSR count). The minimum absolute atomic E-state index is 0.0504. The summed E-state index contributed by atoms with van der Waals surface area (Å²) < 4.78 is 5.20. The molecule has 0 spiro atoms. The molecule has 0 radical (unpaired) electrons. The van der Waals surface area contributed by atoms with Crippen LogP contribution in [0.15, 0.2) is 22.8 Å². The molecule has 3 heterocycles. The van der Waals surface area contributed by atoms with Gasteiger partial charge in [-0.05, 0) is 25.0 Å². The highest BCUT2D eigenvalue weighted by molar-refractivity contribution is 5.91. The van der Waals surface area contributed by atoms with Crippen LogP contribution in [0.4, 0.5) is 11.9 Å². The Kier molecular flexibility index (Phi) is 5.39. The molecule has 26 heavy (non-hydrogen) atoms. The number of amides is 1. The molecule has 1 fully saturated rings. The van der Waals surface area contributed by atoms with Crippen LogP contribution in [0.1, 0.15) is 49.0 Å². The zero-order valence-electron chi connectivity index (χ0n) is 15.8. The Morgan fingerprint density at radius 3 is 2.58 bits per heavy atom. The van der Waals surface area contributed by atoms with E-state index < -0.39 is 0 Å². The number of aromatic nitrogens is 3. The standard InChI is InChI=1S/C18H26N6O2/c1-12(2)15-20-17(22-18(21-15)23(3)4)19-13-7-9-24(10-8-13)16(25)14-6-5-11-26-14/h5-6,11-13H,7-10H2,1-4H3,(H,19,20,21,22). The van der Waals surface area contributed by atoms with Crippen LogP contribution in [0.25, 0.3) is 0 Å². The third-order valence-electron chi connectivity index (χ3n) is 4.40. The van der Waals surface area contributed by atoms with Crippen molar-refractivity contribution < 1.29 is 9.21 Å². The summed E-state index contributed by atoms with van der Waals surface area (Å²) in [5.41, 5.74) is 0. The van der Waals surface area contributed by atoms with E-state index in [-0.39, 0.29) is 17.9 Å². The quantitative estimate of drug-likeness (QED) is 0.878. The summed E-state index contributed by atoms with van der Waals surface area (Å²) >= 11 is 0. The highest BCUT2D eigenvalue weighted by Crippen LogP contribution is 2.19. The van der Waals surface area contributed by atoms with Crippen molar-refractivity contribution in [2.45, 2.75) is 38.6 Å². The van der Waals surface area contributed by atoms with E-state index in [1.165, 1.54) is 6.26 Å². The predicted octanol–water partition coefficient (Wildman–Crippen LogP) is 2.37. The molecule has 0 unspecified atom stereocenters. The molecule has 8 heteroatoms. The number of carbonyl (C=O) groups is 1. The average Bonchev–Trinajstić information content (AvgIpc) is 3.16. The van der Waals surface area contributed by atoms with Crippen molar-refractivity contribution in [3.8, 4) is 0 Å². The lowest BCUT2D eigenvalue weighted by molar-refractivity contribution is 0.0686. The minimum atomic E-state index is -0.0504. The third kappa shape index (κ3) is 4.12. The Morgan fingerprint density at radius 2 is 2.00 bits per heavy atom. The lowest BCUT2D eigenvalue weighted by Gasteiger charge is -2.32. The van der Waals surface area contributed by atoms with Gasteiger partial charge in [0.1, 0.15) is 5.82 Å². The highest BCUT2D eigenvalue weighted by atomic mass is 16.3. The molecule has 2 aromatic rings. The van der Waals surface area contributed by atoms with Gasteiger partial charge in [-0.2, -0.15) is 15.0 Å². The number of rotatable bonds is 5. The summed E-state index contributed by atoms with van der Waals surface area (Å²) in [5, 5.41) is 3.42. The first kappa shape index (κ1) is 18.2. The van der Waals surface area contributed by atoms with Gasteiger partial charge in [0.25, 0.3) is 5.91 Å². The van der Waals surface area contributed by atoms with Gasteiger partial charge >= 0.3 is 0 Å². The molecule has 0 saturated carbocycles. The summed E-state index contributed by atoms with van der Waals surface area (Å²) in [5.74, 6) is 2.60. The van der Waals surface area contributed by atoms with Gasteiger partial charge in [0.05, 0.1) is 6.26 Å². The number of piperidine rings is 1. The monoisotopic (exact) mass is 358 g/mol. The lowest BCUT2D eigenvalue weighted by Crippen LogP contribution is -2.42. The summed E-state index contributed by atoms with van der Waals surface area (Å²) in [4.78, 5) is 29.6. The molecule has 0 aliphatic carbocycles. The number of anilines is 2. The van der Waals surface area contributed by atoms with Crippen LogP contribution < -0.4 is 10.2 Å². The maximum absolute atomic E-state index is 12.3. The normalized spacial score (nSPS) is 15.3. The Hall–Kier alpha value is -2.64. The summed E-state index contributed by atoms with van der Waals surface area (Å²) in [6.45, 7) is 5.49. The van der Waals surface area contributed by atoms with Crippen molar-refractivity contribution in [2.24, 2.45) is 0 Å². The van der Waals surface area contributed by atoms with Gasteiger partial charge in [-0.25, -0.2) is 0 Å². The van der Waals surface area contributed by atoms with E-state index in [0.29, 0.717) is 30.7 Å². The van der Waals surface area contributed by atoms with Gasteiger partial charge in [0.2, 0.25) is 11.9 Å². The average molecular weight is 358 g/mol. The molecule has 0 atom stereocenters. The maximum Gasteiger partial charge on any atom is 0.289 e. The Balaban J connectivity index is 1.63. The maximum atomic E-state index is 12.3. The Morgan fingerprint density at radius 1 is 1.27 bits per heavy atom. The molecule has 1 aliphatic rings. The Bertz CT molecular complexity index is 710. The number of furan rings is 1. The first-order valence-corrected chi connectivity index (χ1v) is 8.96. The van der Waals surface area contributed by atoms with Gasteiger partial charge in [-0.1, -0.05) is 13.8 Å². The molecule has 8 nitrogen and oxygen atoms in total. The lowest BCUT2D eigenvalue weighted by atomic mass is 10.0. The zero-order valence-corrected chi connectivity index (χ0v) is 15.8. The molecule has 1 aliphatic heterocycles. The fourth-order valence-electron chi connectivity index (χ4n) is 2.87. The molecule has 0 bridgehead atoms. The zero-order chi connectivity index (χ0) is 18.7. The van der Waals surface area contributed by atoms with Crippen molar-refractivity contribution in [3.05, 3.63) is 30.0 Å². The largest absolute Gasteiger partial charge is 0.459 e. The van der Waals surface area contributed by atoms with Gasteiger partial charge in [0.15, 0.2) is 5.76 Å². The number of nitrogens with zero attached hydrogens (tertiary/aromatic N) is 5. The second-order valence-corrected chi connectivity index (χ2v) is 7.05. The summed E-state index contributed by atoms with van der Waals surface area (Å²) in [7, 11) is 3.84. The fourth-order valence-corrected chi connectivity index (χ4v) is 2.87. The molecular weight excluding hydrogens is 332 g/mol. The van der Waals surface area contributed by atoms with Gasteiger partial charge < -0.3 is 19.5 Å². The molecule has 2 aromatic heterocycles. The second kappa shape index (κ2) is 7.72. The summed E-state index contributed by atoms with van der Waals surface area (Å²) in [6.07, 6.45) is 3.20. The fraction of sp³-hybridized carbons (Fsp3) is 0.556. The second-order valence-electron chi connectivity index (χ2n) is 7.05. The van der Waals surface area contributed by atoms with Crippen molar-refractivity contribution in [1.82, 2.24) is 19.9 Å². The molecule has 1 amide bonds. The van der Waals surface area contributed by atoms with Gasteiger partial charge in [-0.15, -0.1) is 0 Å². The molecule has 1 N–H and O–H groups in total. The van der Waals surface area contributed by atoms with Crippen LogP contribution in [0.2, 0.25) is 0 Å². The predicted molar refractivity (Wildman–Crippen MR) is 99.5 cm³/mol. The number of nitrogens with one attached hydrogen (secondary N) is 1. The highest BCUT2D eigenvalue weighted by Gasteiger charge is 2.25. The molecular formula is C18H26N6O2. The van der Waals surface area contributed by atoms with E-state index in [1.807, 2.05) is 23.9 Å². The smallest absolute Gasteiger partial charge is 0.289 e. The Labute approximate surface area is 153 Å². The molecule has 1 saturated heterocycles. The van der Waals surface area contributed by atoms with E-state index >= 15 is 0 Å². The van der Waals surface area contributed by atoms with E-state index in [1.54, 1.807) is 12.1 Å². The van der Waals surface area contributed by atoms with E-state index in [0.717, 1.165) is 18.7 Å². The molecule has 140 valence electrons. The van der Waals surface area contributed by atoms with Crippen molar-refractivity contribution >= 4 is 17.8 Å². The number of carbonyl (C=O) groups excluding carboxylic acids is 1. The minimum Gasteiger partial charge on any atom is -0.459 e. The van der Waals surface area contributed by atoms with Crippen molar-refractivity contribution in [3.63, 3.8) is 0 Å². The van der Waals surface area contributed by atoms with Gasteiger partial charge in [-0.3, -0.25) is 4.79 Å². The van der Waals surface area contributed by atoms with Gasteiger partial charge in [0, 0.05) is 39.1 Å². The van der Waals surface area contributed by atoms with Crippen LogP contribution in [0, 0.1) is 0 Å². The summed E-state index contributed by atoms with van der Waals surface area (Å²) in [6, 6.07) is 3.66. The van der Waals surface area contributed by atoms with Crippen LogP contribution in [0.5, 0.6) is 0 Å². The first-order chi connectivity index (χ1) is 12.4. The van der Waals surface area contributed by atoms with Crippen LogP contribution in [0.3, 0.4) is 0 Å². The van der Waals surface area contributed by atoms with Crippen LogP contribution in [-0.4, -0.2) is 59.0 Å². The van der Waals surface area contributed by atoms with Crippen LogP contribution >= 0.6 is 0 Å². The van der Waals surface area contributed by atoms with E-state index in [9.17, 15) is 4.79 Å². The number of hydrogen-bond donors (Lipinski definition) is 1. The van der Waals surface area contributed by atoms with Crippen LogP contribution in [-0.2, 0) is 0 Å². The van der Waals surface area contributed by atoms with E-state index in [2.05, 4.69) is 34.1 Å². The van der Waals surface area contributed by atoms with E-state index in [4.69, 9.17) is 4.42 Å². The van der Waals surface area contributed by atoms with Crippen molar-refractivity contribution in [2.75, 3.05) is 37.4 Å². The van der Waals surface area contributed by atoms with Crippen molar-refractivity contribution in [1.29, 1.82) is 0 Å². The number of hydrogen-bond acceptors (Lipinski definition) is 7. The SMILES string of the molecule is CC(C)c1nc(NC2CCN(C(=O)c3ccco3)CC2)nc(N(C)C)n1. The molecule has 0 aromatic carbocycles. The third-order valence-corrected chi connectivity index (χ3v) is 4.40. The first-order valence-electron chi connectivity index (χ1n) is 8.96. The number of likely N-dealkylation sites (tertiary alicyclic amines) is 1. The topological polar surface area (TPSA) is 87.4 Å².